The van der Waals surface area contributed by atoms with Crippen LogP contribution in [0.4, 0.5) is 0 Å². The van der Waals surface area contributed by atoms with Crippen LogP contribution >= 0.6 is 0 Å². The van der Waals surface area contributed by atoms with E-state index in [4.69, 9.17) is 0 Å². The Morgan fingerprint density at radius 1 is 1.59 bits per heavy atom. The third kappa shape index (κ3) is 2.04. The molecule has 5 nitrogen and oxygen atoms in total. The van der Waals surface area contributed by atoms with Crippen molar-refractivity contribution < 1.29 is 4.79 Å². The van der Waals surface area contributed by atoms with Gasteiger partial charge in [-0.05, 0) is 13.8 Å². The van der Waals surface area contributed by atoms with Crippen LogP contribution in [-0.4, -0.2) is 27.0 Å². The van der Waals surface area contributed by atoms with Crippen LogP contribution in [0.1, 0.15) is 21.7 Å². The fourth-order valence-corrected chi connectivity index (χ4v) is 1.65. The number of hydrogen-bond acceptors (Lipinski definition) is 3. The van der Waals surface area contributed by atoms with Crippen molar-refractivity contribution in [2.24, 2.45) is 0 Å². The lowest BCUT2D eigenvalue weighted by atomic mass is 10.2. The summed E-state index contributed by atoms with van der Waals surface area (Å²) in [5.41, 5.74) is 2.94. The second kappa shape index (κ2) is 4.37. The van der Waals surface area contributed by atoms with Crippen LogP contribution in [0, 0.1) is 13.8 Å². The molecule has 1 N–H and O–H groups in total. The quantitative estimate of drug-likeness (QED) is 0.807. The van der Waals surface area contributed by atoms with Gasteiger partial charge < -0.3 is 5.32 Å². The van der Waals surface area contributed by atoms with Crippen molar-refractivity contribution >= 4 is 11.6 Å². The van der Waals surface area contributed by atoms with Crippen molar-refractivity contribution in [3.63, 3.8) is 0 Å². The maximum Gasteiger partial charge on any atom is 0.254 e. The van der Waals surface area contributed by atoms with Crippen molar-refractivity contribution in [1.82, 2.24) is 19.9 Å². The lowest BCUT2D eigenvalue weighted by molar-refractivity contribution is 0.0956. The Morgan fingerprint density at radius 3 is 3.06 bits per heavy atom. The Morgan fingerprint density at radius 2 is 2.35 bits per heavy atom. The molecule has 1 amide bonds. The zero-order valence-corrected chi connectivity index (χ0v) is 9.90. The molecule has 5 heteroatoms. The van der Waals surface area contributed by atoms with E-state index in [1.807, 2.05) is 19.9 Å². The second-order valence-corrected chi connectivity index (χ2v) is 3.81. The molecule has 0 unspecified atom stereocenters. The molecule has 2 aromatic heterocycles. The van der Waals surface area contributed by atoms with Crippen molar-refractivity contribution in [1.29, 1.82) is 0 Å². The van der Waals surface area contributed by atoms with E-state index in [-0.39, 0.29) is 5.91 Å². The van der Waals surface area contributed by atoms with Crippen LogP contribution in [0.25, 0.3) is 5.65 Å². The molecule has 0 aliphatic carbocycles. The summed E-state index contributed by atoms with van der Waals surface area (Å²) in [6, 6.07) is 1.87. The molecule has 0 radical (unpaired) electrons. The first-order valence-electron chi connectivity index (χ1n) is 5.34. The molecule has 17 heavy (non-hydrogen) atoms. The molecule has 0 aliphatic heterocycles. The standard InChI is InChI=1S/C12H14N4O/c1-4-5-13-12(17)10-7-14-11-6-8(2)15-16(11)9(10)3/h4,6-7H,1,5H2,2-3H3,(H,13,17). The number of carbonyl (C=O) groups is 1. The minimum absolute atomic E-state index is 0.162. The van der Waals surface area contributed by atoms with Gasteiger partial charge in [0.05, 0.1) is 17.0 Å². The lowest BCUT2D eigenvalue weighted by Gasteiger charge is -2.06. The van der Waals surface area contributed by atoms with E-state index in [9.17, 15) is 4.79 Å². The number of carbonyl (C=O) groups excluding carboxylic acids is 1. The van der Waals surface area contributed by atoms with Crippen molar-refractivity contribution in [2.45, 2.75) is 13.8 Å². The molecule has 0 bridgehead atoms. The van der Waals surface area contributed by atoms with E-state index in [0.717, 1.165) is 17.0 Å². The minimum atomic E-state index is -0.162. The Bertz CT molecular complexity index is 585. The molecule has 0 saturated heterocycles. The smallest absolute Gasteiger partial charge is 0.254 e. The van der Waals surface area contributed by atoms with Crippen LogP contribution in [0.15, 0.2) is 24.9 Å². The van der Waals surface area contributed by atoms with E-state index < -0.39 is 0 Å². The molecule has 0 fully saturated rings. The van der Waals surface area contributed by atoms with Gasteiger partial charge in [-0.25, -0.2) is 9.50 Å². The van der Waals surface area contributed by atoms with Gasteiger partial charge in [-0.15, -0.1) is 6.58 Å². The van der Waals surface area contributed by atoms with E-state index in [1.54, 1.807) is 16.8 Å². The van der Waals surface area contributed by atoms with Gasteiger partial charge in [0.2, 0.25) is 0 Å². The number of amides is 1. The summed E-state index contributed by atoms with van der Waals surface area (Å²) in [4.78, 5) is 16.0. The SMILES string of the molecule is C=CCNC(=O)c1cnc2cc(C)nn2c1C. The van der Waals surface area contributed by atoms with Crippen molar-refractivity contribution in [3.8, 4) is 0 Å². The van der Waals surface area contributed by atoms with Gasteiger partial charge in [0.15, 0.2) is 5.65 Å². The van der Waals surface area contributed by atoms with E-state index >= 15 is 0 Å². The Balaban J connectivity index is 2.44. The molecule has 2 aromatic rings. The van der Waals surface area contributed by atoms with E-state index in [0.29, 0.717) is 12.1 Å². The van der Waals surface area contributed by atoms with Gasteiger partial charge in [0.25, 0.3) is 5.91 Å². The summed E-state index contributed by atoms with van der Waals surface area (Å²) in [7, 11) is 0. The molecule has 88 valence electrons. The van der Waals surface area contributed by atoms with Gasteiger partial charge in [-0.3, -0.25) is 4.79 Å². The largest absolute Gasteiger partial charge is 0.348 e. The highest BCUT2D eigenvalue weighted by Gasteiger charge is 2.12. The highest BCUT2D eigenvalue weighted by Crippen LogP contribution is 2.10. The summed E-state index contributed by atoms with van der Waals surface area (Å²) in [6.45, 7) is 7.74. The second-order valence-electron chi connectivity index (χ2n) is 3.81. The van der Waals surface area contributed by atoms with Gasteiger partial charge in [0, 0.05) is 18.8 Å². The van der Waals surface area contributed by atoms with Gasteiger partial charge >= 0.3 is 0 Å². The van der Waals surface area contributed by atoms with E-state index in [1.165, 1.54) is 0 Å². The number of rotatable bonds is 3. The normalized spacial score (nSPS) is 10.5. The van der Waals surface area contributed by atoms with E-state index in [2.05, 4.69) is 22.0 Å². The van der Waals surface area contributed by atoms with Gasteiger partial charge in [-0.1, -0.05) is 6.08 Å². The Labute approximate surface area is 99.2 Å². The molecule has 0 atom stereocenters. The molecule has 0 saturated carbocycles. The maximum absolute atomic E-state index is 11.8. The van der Waals surface area contributed by atoms with Crippen molar-refractivity contribution in [2.75, 3.05) is 6.54 Å². The molecular formula is C12H14N4O. The molecule has 2 rings (SSSR count). The van der Waals surface area contributed by atoms with Crippen LogP contribution in [0.5, 0.6) is 0 Å². The first-order valence-corrected chi connectivity index (χ1v) is 5.34. The topological polar surface area (TPSA) is 59.3 Å². The zero-order valence-electron chi connectivity index (χ0n) is 9.90. The highest BCUT2D eigenvalue weighted by atomic mass is 16.1. The summed E-state index contributed by atoms with van der Waals surface area (Å²) in [5.74, 6) is -0.162. The third-order valence-corrected chi connectivity index (χ3v) is 2.50. The fourth-order valence-electron chi connectivity index (χ4n) is 1.65. The zero-order chi connectivity index (χ0) is 12.4. The molecule has 0 spiro atoms. The van der Waals surface area contributed by atoms with Crippen molar-refractivity contribution in [3.05, 3.63) is 41.9 Å². The number of aromatic nitrogens is 3. The molecular weight excluding hydrogens is 216 g/mol. The number of nitrogens with zero attached hydrogens (tertiary/aromatic N) is 3. The average Bonchev–Trinajstić information content (AvgIpc) is 2.68. The Hall–Kier alpha value is -2.17. The van der Waals surface area contributed by atoms with Crippen LogP contribution < -0.4 is 5.32 Å². The predicted octanol–water partition coefficient (Wildman–Crippen LogP) is 1.26. The third-order valence-electron chi connectivity index (χ3n) is 2.50. The average molecular weight is 230 g/mol. The molecule has 0 aliphatic rings. The van der Waals surface area contributed by atoms with Crippen LogP contribution in [0.3, 0.4) is 0 Å². The molecule has 2 heterocycles. The minimum Gasteiger partial charge on any atom is -0.348 e. The first-order chi connectivity index (χ1) is 8.13. The van der Waals surface area contributed by atoms with Crippen LogP contribution in [0.2, 0.25) is 0 Å². The maximum atomic E-state index is 11.8. The number of aryl methyl sites for hydroxylation is 2. The van der Waals surface area contributed by atoms with Crippen LogP contribution in [-0.2, 0) is 0 Å². The molecule has 0 aromatic carbocycles. The number of fused-ring (bicyclic) bond motifs is 1. The monoisotopic (exact) mass is 230 g/mol. The number of nitrogens with one attached hydrogen (secondary N) is 1. The van der Waals surface area contributed by atoms with Gasteiger partial charge in [-0.2, -0.15) is 5.10 Å². The first kappa shape index (κ1) is 11.3. The summed E-state index contributed by atoms with van der Waals surface area (Å²) < 4.78 is 1.68. The predicted molar refractivity (Wildman–Crippen MR) is 65.0 cm³/mol. The fraction of sp³-hybridized carbons (Fsp3) is 0.250. The number of hydrogen-bond donors (Lipinski definition) is 1. The van der Waals surface area contributed by atoms with Gasteiger partial charge in [0.1, 0.15) is 0 Å². The highest BCUT2D eigenvalue weighted by molar-refractivity contribution is 5.95. The summed E-state index contributed by atoms with van der Waals surface area (Å²) in [6.07, 6.45) is 3.21. The summed E-state index contributed by atoms with van der Waals surface area (Å²) in [5, 5.41) is 7.01. The summed E-state index contributed by atoms with van der Waals surface area (Å²) >= 11 is 0. The lowest BCUT2D eigenvalue weighted by Crippen LogP contribution is -2.25. The Kier molecular flexibility index (Phi) is 2.91.